The van der Waals surface area contributed by atoms with E-state index in [1.165, 1.54) is 17.3 Å². The Bertz CT molecular complexity index is 1040. The lowest BCUT2D eigenvalue weighted by atomic mass is 9.95. The fourth-order valence-electron chi connectivity index (χ4n) is 3.74. The highest BCUT2D eigenvalue weighted by molar-refractivity contribution is 8.00. The van der Waals surface area contributed by atoms with Gasteiger partial charge in [0.05, 0.1) is 10.8 Å². The van der Waals surface area contributed by atoms with Crippen LogP contribution in [0.15, 0.2) is 71.8 Å². The first-order chi connectivity index (χ1) is 14.7. The number of aromatic nitrogens is 1. The lowest BCUT2D eigenvalue weighted by Crippen LogP contribution is -2.33. The summed E-state index contributed by atoms with van der Waals surface area (Å²) >= 11 is 1.37. The molecule has 0 spiro atoms. The van der Waals surface area contributed by atoms with E-state index in [2.05, 4.69) is 6.07 Å². The van der Waals surface area contributed by atoms with Gasteiger partial charge in [0.15, 0.2) is 0 Å². The maximum Gasteiger partial charge on any atom is 0.244 e. The number of thioether (sulfide) groups is 1. The second-order valence-electron chi connectivity index (χ2n) is 7.37. The van der Waals surface area contributed by atoms with E-state index in [1.54, 1.807) is 4.90 Å². The van der Waals surface area contributed by atoms with Crippen molar-refractivity contribution in [1.82, 2.24) is 4.98 Å². The molecular weight excluding hydrogens is 390 g/mol. The normalized spacial score (nSPS) is 13.7. The minimum Gasteiger partial charge on any atom is -0.280 e. The van der Waals surface area contributed by atoms with Gasteiger partial charge in [0.2, 0.25) is 5.91 Å². The van der Waals surface area contributed by atoms with E-state index in [4.69, 9.17) is 4.98 Å². The molecule has 0 N–H and O–H groups in total. The van der Waals surface area contributed by atoms with E-state index in [0.29, 0.717) is 10.6 Å². The molecule has 0 saturated carbocycles. The minimum absolute atomic E-state index is 0.0409. The van der Waals surface area contributed by atoms with Gasteiger partial charge < -0.3 is 0 Å². The number of pyridine rings is 1. The minimum atomic E-state index is -0.397. The summed E-state index contributed by atoms with van der Waals surface area (Å²) in [6.45, 7) is 1.88. The largest absolute Gasteiger partial charge is 0.280 e. The van der Waals surface area contributed by atoms with Gasteiger partial charge in [-0.1, -0.05) is 48.2 Å². The van der Waals surface area contributed by atoms with Crippen molar-refractivity contribution in [2.45, 2.75) is 42.9 Å². The molecule has 30 heavy (non-hydrogen) atoms. The highest BCUT2D eigenvalue weighted by Crippen LogP contribution is 2.33. The van der Waals surface area contributed by atoms with Gasteiger partial charge in [-0.2, -0.15) is 5.26 Å². The third-order valence-electron chi connectivity index (χ3n) is 5.27. The number of aryl methyl sites for hydroxylation is 2. The molecule has 0 saturated heterocycles. The summed E-state index contributed by atoms with van der Waals surface area (Å²) in [6.07, 6.45) is 4.19. The van der Waals surface area contributed by atoms with Crippen molar-refractivity contribution in [2.75, 3.05) is 4.90 Å². The Labute approximate surface area is 181 Å². The van der Waals surface area contributed by atoms with E-state index in [-0.39, 0.29) is 5.91 Å². The maximum atomic E-state index is 13.5. The van der Waals surface area contributed by atoms with Gasteiger partial charge in [0.1, 0.15) is 11.1 Å². The second-order valence-corrected chi connectivity index (χ2v) is 8.70. The van der Waals surface area contributed by atoms with Crippen LogP contribution in [0.2, 0.25) is 0 Å². The molecule has 1 atom stereocenters. The van der Waals surface area contributed by atoms with E-state index in [9.17, 15) is 10.1 Å². The van der Waals surface area contributed by atoms with Gasteiger partial charge in [-0.25, -0.2) is 4.98 Å². The molecule has 1 aliphatic rings. The lowest BCUT2D eigenvalue weighted by molar-refractivity contribution is -0.117. The van der Waals surface area contributed by atoms with Gasteiger partial charge in [-0.15, -0.1) is 0 Å². The van der Waals surface area contributed by atoms with Gasteiger partial charge in [0.25, 0.3) is 0 Å². The fourth-order valence-corrected chi connectivity index (χ4v) is 4.68. The Morgan fingerprint density at radius 3 is 2.23 bits per heavy atom. The van der Waals surface area contributed by atoms with Crippen LogP contribution in [-0.4, -0.2) is 16.1 Å². The molecule has 4 rings (SSSR count). The summed E-state index contributed by atoms with van der Waals surface area (Å²) in [5, 5.41) is 9.89. The molecular formula is C25H23N3OS. The molecule has 1 amide bonds. The van der Waals surface area contributed by atoms with Crippen LogP contribution in [0.1, 0.15) is 36.6 Å². The van der Waals surface area contributed by atoms with Gasteiger partial charge in [-0.3, -0.25) is 9.69 Å². The number of carbonyl (C=O) groups excluding carboxylic acids is 1. The SMILES string of the molecule is CC(Sc1nc2c(cc1C#N)CCCC2)C(=O)N(c1ccccc1)c1ccccc1. The molecule has 1 aliphatic carbocycles. The number of benzene rings is 2. The summed E-state index contributed by atoms with van der Waals surface area (Å²) in [7, 11) is 0. The van der Waals surface area contributed by atoms with Gasteiger partial charge in [0, 0.05) is 17.1 Å². The average Bonchev–Trinajstić information content (AvgIpc) is 2.80. The number of carbonyl (C=O) groups is 1. The summed E-state index contributed by atoms with van der Waals surface area (Å²) in [6, 6.07) is 23.5. The number of fused-ring (bicyclic) bond motifs is 1. The highest BCUT2D eigenvalue weighted by atomic mass is 32.2. The monoisotopic (exact) mass is 413 g/mol. The predicted molar refractivity (Wildman–Crippen MR) is 121 cm³/mol. The Balaban J connectivity index is 1.64. The van der Waals surface area contributed by atoms with Crippen molar-refractivity contribution in [3.8, 4) is 6.07 Å². The summed E-state index contributed by atoms with van der Waals surface area (Å²) in [5.41, 5.74) is 4.45. The molecule has 0 radical (unpaired) electrons. The first-order valence-corrected chi connectivity index (χ1v) is 11.1. The van der Waals surface area contributed by atoms with Crippen molar-refractivity contribution in [1.29, 1.82) is 5.26 Å². The third kappa shape index (κ3) is 4.24. The molecule has 4 nitrogen and oxygen atoms in total. The van der Waals surface area contributed by atoms with E-state index in [1.807, 2.05) is 73.7 Å². The first-order valence-electron chi connectivity index (χ1n) is 10.2. The Hall–Kier alpha value is -3.10. The third-order valence-corrected chi connectivity index (χ3v) is 6.36. The molecule has 1 heterocycles. The number of hydrogen-bond acceptors (Lipinski definition) is 4. The number of nitriles is 1. The van der Waals surface area contributed by atoms with Crippen LogP contribution in [-0.2, 0) is 17.6 Å². The van der Waals surface area contributed by atoms with Crippen molar-refractivity contribution < 1.29 is 4.79 Å². The van der Waals surface area contributed by atoms with Crippen molar-refractivity contribution in [3.63, 3.8) is 0 Å². The number of amides is 1. The van der Waals surface area contributed by atoms with Crippen LogP contribution in [0, 0.1) is 11.3 Å². The van der Waals surface area contributed by atoms with Crippen molar-refractivity contribution in [3.05, 3.63) is 83.6 Å². The van der Waals surface area contributed by atoms with Gasteiger partial charge in [-0.05, 0) is 68.5 Å². The Morgan fingerprint density at radius 2 is 1.63 bits per heavy atom. The number of nitrogens with zero attached hydrogens (tertiary/aromatic N) is 3. The molecule has 1 aromatic heterocycles. The van der Waals surface area contributed by atoms with Crippen molar-refractivity contribution in [2.24, 2.45) is 0 Å². The fraction of sp³-hybridized carbons (Fsp3) is 0.240. The number of anilines is 2. The second kappa shape index (κ2) is 9.15. The number of hydrogen-bond donors (Lipinski definition) is 0. The van der Waals surface area contributed by atoms with E-state index >= 15 is 0 Å². The highest BCUT2D eigenvalue weighted by Gasteiger charge is 2.26. The molecule has 0 bridgehead atoms. The molecule has 150 valence electrons. The Morgan fingerprint density at radius 1 is 1.03 bits per heavy atom. The van der Waals surface area contributed by atoms with Crippen LogP contribution < -0.4 is 4.90 Å². The number of rotatable bonds is 5. The smallest absolute Gasteiger partial charge is 0.244 e. The van der Waals surface area contributed by atoms with Crippen LogP contribution in [0.3, 0.4) is 0 Å². The zero-order valence-corrected chi connectivity index (χ0v) is 17.7. The topological polar surface area (TPSA) is 57.0 Å². The zero-order valence-electron chi connectivity index (χ0n) is 16.9. The maximum absolute atomic E-state index is 13.5. The number of para-hydroxylation sites is 2. The van der Waals surface area contributed by atoms with Crippen molar-refractivity contribution >= 4 is 29.0 Å². The average molecular weight is 414 g/mol. The predicted octanol–water partition coefficient (Wildman–Crippen LogP) is 5.68. The quantitative estimate of drug-likeness (QED) is 0.505. The first kappa shape index (κ1) is 20.2. The van der Waals surface area contributed by atoms with Crippen LogP contribution in [0.4, 0.5) is 11.4 Å². The molecule has 5 heteroatoms. The Kier molecular flexibility index (Phi) is 6.15. The summed E-state index contributed by atoms with van der Waals surface area (Å²) in [5.74, 6) is -0.0409. The van der Waals surface area contributed by atoms with Gasteiger partial charge >= 0.3 is 0 Å². The molecule has 3 aromatic rings. The summed E-state index contributed by atoms with van der Waals surface area (Å²) in [4.78, 5) is 20.1. The van der Waals surface area contributed by atoms with E-state index < -0.39 is 5.25 Å². The van der Waals surface area contributed by atoms with E-state index in [0.717, 1.165) is 42.8 Å². The van der Waals surface area contributed by atoms with Crippen LogP contribution >= 0.6 is 11.8 Å². The molecule has 0 fully saturated rings. The zero-order chi connectivity index (χ0) is 20.9. The van der Waals surface area contributed by atoms with Crippen LogP contribution in [0.5, 0.6) is 0 Å². The summed E-state index contributed by atoms with van der Waals surface area (Å²) < 4.78 is 0. The van der Waals surface area contributed by atoms with Crippen LogP contribution in [0.25, 0.3) is 0 Å². The lowest BCUT2D eigenvalue weighted by Gasteiger charge is -2.26. The molecule has 2 aromatic carbocycles. The molecule has 0 aliphatic heterocycles. The standard InChI is InChI=1S/C25H23N3OS/c1-18(30-24-20(17-26)16-19-10-8-9-15-23(19)27-24)25(29)28(21-11-4-2-5-12-21)22-13-6-3-7-14-22/h2-7,11-14,16,18H,8-10,15H2,1H3. The molecule has 1 unspecified atom stereocenters.